The minimum Gasteiger partial charge on any atom is -0.490 e. The number of carbonyl (C=O) groups is 1. The molecule has 0 aliphatic carbocycles. The van der Waals surface area contributed by atoms with E-state index in [-0.39, 0.29) is 17.4 Å². The van der Waals surface area contributed by atoms with Crippen molar-refractivity contribution in [1.82, 2.24) is 0 Å². The van der Waals surface area contributed by atoms with Gasteiger partial charge >= 0.3 is 0 Å². The third kappa shape index (κ3) is 4.09. The molecule has 0 N–H and O–H groups in total. The zero-order valence-corrected chi connectivity index (χ0v) is 19.8. The Morgan fingerprint density at radius 3 is 2.59 bits per heavy atom. The lowest BCUT2D eigenvalue weighted by Gasteiger charge is -2.30. The van der Waals surface area contributed by atoms with Crippen molar-refractivity contribution in [3.8, 4) is 11.5 Å². The Balaban J connectivity index is 1.32. The fraction of sp³-hybridized carbons (Fsp3) is 0.269. The standard InChI is InChI=1S/C26H26N2O5S/c1-19-17-21(34(30,31)28-14-6-8-20-7-2-3-9-22(20)28)12-13-24(19)33-18-26(29)27-15-16-32-25-11-5-4-10-23(25)27/h2-5,7,9-13,17H,6,8,14-16,18H2,1H3. The molecule has 0 bridgehead atoms. The summed E-state index contributed by atoms with van der Waals surface area (Å²) in [6.45, 7) is 2.96. The van der Waals surface area contributed by atoms with Crippen LogP contribution in [0.25, 0.3) is 0 Å². The summed E-state index contributed by atoms with van der Waals surface area (Å²) in [5, 5.41) is 0. The minimum absolute atomic E-state index is 0.152. The van der Waals surface area contributed by atoms with Crippen LogP contribution in [0, 0.1) is 6.92 Å². The molecule has 0 saturated heterocycles. The second-order valence-electron chi connectivity index (χ2n) is 8.39. The molecule has 1 amide bonds. The molecule has 7 nitrogen and oxygen atoms in total. The average molecular weight is 479 g/mol. The van der Waals surface area contributed by atoms with Crippen LogP contribution >= 0.6 is 0 Å². The minimum atomic E-state index is -3.71. The normalized spacial score (nSPS) is 15.2. The van der Waals surface area contributed by atoms with Crippen LogP contribution in [0.3, 0.4) is 0 Å². The summed E-state index contributed by atoms with van der Waals surface area (Å²) in [6, 6.07) is 19.8. The van der Waals surface area contributed by atoms with Gasteiger partial charge in [0.2, 0.25) is 0 Å². The highest BCUT2D eigenvalue weighted by atomic mass is 32.2. The average Bonchev–Trinajstić information content (AvgIpc) is 2.87. The zero-order chi connectivity index (χ0) is 23.7. The highest BCUT2D eigenvalue weighted by molar-refractivity contribution is 7.92. The van der Waals surface area contributed by atoms with Crippen molar-refractivity contribution < 1.29 is 22.7 Å². The molecule has 34 heavy (non-hydrogen) atoms. The largest absolute Gasteiger partial charge is 0.490 e. The molecular weight excluding hydrogens is 452 g/mol. The van der Waals surface area contributed by atoms with Gasteiger partial charge < -0.3 is 14.4 Å². The highest BCUT2D eigenvalue weighted by Crippen LogP contribution is 2.34. The number of rotatable bonds is 5. The number of hydrogen-bond donors (Lipinski definition) is 0. The SMILES string of the molecule is Cc1cc(S(=O)(=O)N2CCCc3ccccc32)ccc1OCC(=O)N1CCOc2ccccc21. The van der Waals surface area contributed by atoms with E-state index in [0.717, 1.165) is 29.8 Å². The number of carbonyl (C=O) groups excluding carboxylic acids is 1. The predicted octanol–water partition coefficient (Wildman–Crippen LogP) is 3.94. The first-order chi connectivity index (χ1) is 16.4. The van der Waals surface area contributed by atoms with Crippen molar-refractivity contribution in [2.45, 2.75) is 24.7 Å². The Bertz CT molecular complexity index is 1340. The van der Waals surface area contributed by atoms with Crippen molar-refractivity contribution >= 4 is 27.3 Å². The van der Waals surface area contributed by atoms with Crippen LogP contribution in [-0.2, 0) is 21.2 Å². The fourth-order valence-corrected chi connectivity index (χ4v) is 6.09. The van der Waals surface area contributed by atoms with Crippen LogP contribution in [0.2, 0.25) is 0 Å². The Morgan fingerprint density at radius 1 is 1.00 bits per heavy atom. The summed E-state index contributed by atoms with van der Waals surface area (Å²) in [5.41, 5.74) is 3.16. The lowest BCUT2D eigenvalue weighted by Crippen LogP contribution is -2.40. The highest BCUT2D eigenvalue weighted by Gasteiger charge is 2.29. The van der Waals surface area contributed by atoms with Gasteiger partial charge in [-0.2, -0.15) is 0 Å². The van der Waals surface area contributed by atoms with E-state index in [0.29, 0.717) is 36.8 Å². The Labute approximate surface area is 199 Å². The van der Waals surface area contributed by atoms with Crippen LogP contribution in [0.15, 0.2) is 71.6 Å². The first-order valence-electron chi connectivity index (χ1n) is 11.3. The van der Waals surface area contributed by atoms with Crippen molar-refractivity contribution in [3.63, 3.8) is 0 Å². The van der Waals surface area contributed by atoms with Gasteiger partial charge in [0, 0.05) is 6.54 Å². The summed E-state index contributed by atoms with van der Waals surface area (Å²) < 4.78 is 39.7. The first kappa shape index (κ1) is 22.3. The second kappa shape index (κ2) is 9.02. The first-order valence-corrected chi connectivity index (χ1v) is 12.8. The molecule has 0 saturated carbocycles. The van der Waals surface area contributed by atoms with Crippen molar-refractivity contribution in [1.29, 1.82) is 0 Å². The molecule has 5 rings (SSSR count). The molecule has 2 aliphatic rings. The summed E-state index contributed by atoms with van der Waals surface area (Å²) in [5.74, 6) is 0.969. The molecule has 3 aromatic carbocycles. The number of ether oxygens (including phenoxy) is 2. The number of anilines is 2. The van der Waals surface area contributed by atoms with E-state index >= 15 is 0 Å². The molecule has 0 aromatic heterocycles. The molecule has 0 fully saturated rings. The van der Waals surface area contributed by atoms with E-state index in [1.807, 2.05) is 48.5 Å². The van der Waals surface area contributed by atoms with Crippen molar-refractivity contribution in [2.75, 3.05) is 35.5 Å². The number of nitrogens with zero attached hydrogens (tertiary/aromatic N) is 2. The maximum absolute atomic E-state index is 13.4. The number of para-hydroxylation sites is 3. The van der Waals surface area contributed by atoms with Crippen LogP contribution in [0.1, 0.15) is 17.5 Å². The molecule has 8 heteroatoms. The number of aryl methyl sites for hydroxylation is 2. The van der Waals surface area contributed by atoms with Crippen molar-refractivity contribution in [3.05, 3.63) is 77.9 Å². The maximum atomic E-state index is 13.4. The maximum Gasteiger partial charge on any atom is 0.265 e. The fourth-order valence-electron chi connectivity index (χ4n) is 4.47. The number of benzene rings is 3. The molecule has 0 spiro atoms. The van der Waals surface area contributed by atoms with Crippen LogP contribution < -0.4 is 18.7 Å². The third-order valence-electron chi connectivity index (χ3n) is 6.18. The Morgan fingerprint density at radius 2 is 1.76 bits per heavy atom. The van der Waals surface area contributed by atoms with E-state index in [4.69, 9.17) is 9.47 Å². The number of amides is 1. The monoisotopic (exact) mass is 478 g/mol. The van der Waals surface area contributed by atoms with Gasteiger partial charge in [0.05, 0.1) is 22.8 Å². The van der Waals surface area contributed by atoms with Gasteiger partial charge in [-0.25, -0.2) is 8.42 Å². The zero-order valence-electron chi connectivity index (χ0n) is 18.9. The van der Waals surface area contributed by atoms with Gasteiger partial charge in [-0.15, -0.1) is 0 Å². The second-order valence-corrected chi connectivity index (χ2v) is 10.2. The van der Waals surface area contributed by atoms with E-state index in [9.17, 15) is 13.2 Å². The van der Waals surface area contributed by atoms with Crippen LogP contribution in [0.4, 0.5) is 11.4 Å². The Kier molecular flexibility index (Phi) is 5.91. The summed E-state index contributed by atoms with van der Waals surface area (Å²) in [7, 11) is -3.71. The van der Waals surface area contributed by atoms with E-state index in [1.54, 1.807) is 30.0 Å². The smallest absolute Gasteiger partial charge is 0.265 e. The predicted molar refractivity (Wildman–Crippen MR) is 130 cm³/mol. The molecule has 0 unspecified atom stereocenters. The van der Waals surface area contributed by atoms with Crippen LogP contribution in [-0.4, -0.2) is 40.6 Å². The van der Waals surface area contributed by atoms with Crippen LogP contribution in [0.5, 0.6) is 11.5 Å². The number of hydrogen-bond acceptors (Lipinski definition) is 5. The summed E-state index contributed by atoms with van der Waals surface area (Å²) in [6.07, 6.45) is 1.65. The third-order valence-corrected chi connectivity index (χ3v) is 7.99. The summed E-state index contributed by atoms with van der Waals surface area (Å²) >= 11 is 0. The molecule has 3 aromatic rings. The molecule has 0 atom stereocenters. The van der Waals surface area contributed by atoms with E-state index in [1.165, 1.54) is 4.31 Å². The lowest BCUT2D eigenvalue weighted by atomic mass is 10.0. The van der Waals surface area contributed by atoms with Crippen molar-refractivity contribution in [2.24, 2.45) is 0 Å². The summed E-state index contributed by atoms with van der Waals surface area (Å²) in [4.78, 5) is 14.7. The lowest BCUT2D eigenvalue weighted by molar-refractivity contribution is -0.120. The van der Waals surface area contributed by atoms with Gasteiger partial charge in [0.15, 0.2) is 6.61 Å². The topological polar surface area (TPSA) is 76.2 Å². The van der Waals surface area contributed by atoms with Gasteiger partial charge in [-0.05, 0) is 67.3 Å². The van der Waals surface area contributed by atoms with Gasteiger partial charge in [-0.1, -0.05) is 30.3 Å². The Hall–Kier alpha value is -3.52. The number of fused-ring (bicyclic) bond motifs is 2. The van der Waals surface area contributed by atoms with Gasteiger partial charge in [0.1, 0.15) is 18.1 Å². The van der Waals surface area contributed by atoms with Gasteiger partial charge in [0.25, 0.3) is 15.9 Å². The molecule has 2 heterocycles. The molecule has 2 aliphatic heterocycles. The number of sulfonamides is 1. The molecule has 0 radical (unpaired) electrons. The quantitative estimate of drug-likeness (QED) is 0.555. The van der Waals surface area contributed by atoms with E-state index < -0.39 is 10.0 Å². The molecule has 176 valence electrons. The molecular formula is C26H26N2O5S. The van der Waals surface area contributed by atoms with Gasteiger partial charge in [-0.3, -0.25) is 9.10 Å². The van der Waals surface area contributed by atoms with E-state index in [2.05, 4.69) is 0 Å².